The topological polar surface area (TPSA) is 88.1 Å². The van der Waals surface area contributed by atoms with Crippen LogP contribution in [0.5, 0.6) is 23.0 Å². The smallest absolute Gasteiger partial charge is 0.220 e. The van der Waals surface area contributed by atoms with Gasteiger partial charge in [0.25, 0.3) is 0 Å². The summed E-state index contributed by atoms with van der Waals surface area (Å²) in [5, 5.41) is -0.768. The molecule has 0 spiro atoms. The number of methoxy groups -OCH3 is 4. The predicted octanol–water partition coefficient (Wildman–Crippen LogP) is 5.48. The van der Waals surface area contributed by atoms with Crippen LogP contribution < -0.4 is 18.9 Å². The molecule has 2 aromatic rings. The van der Waals surface area contributed by atoms with Crippen LogP contribution in [-0.2, 0) is 0 Å². The Morgan fingerprint density at radius 2 is 1.49 bits per heavy atom. The Balaban J connectivity index is 2.19. The zero-order chi connectivity index (χ0) is 25.9. The molecule has 0 saturated carbocycles. The molecular formula is C27H28O7S. The van der Waals surface area contributed by atoms with Gasteiger partial charge in [-0.15, -0.1) is 6.58 Å². The summed E-state index contributed by atoms with van der Waals surface area (Å²) in [6.07, 6.45) is 4.17. The van der Waals surface area contributed by atoms with E-state index < -0.39 is 10.7 Å². The molecule has 3 rings (SSSR count). The summed E-state index contributed by atoms with van der Waals surface area (Å²) < 4.78 is 21.8. The van der Waals surface area contributed by atoms with Gasteiger partial charge in [0, 0.05) is 16.4 Å². The third kappa shape index (κ3) is 4.84. The lowest BCUT2D eigenvalue weighted by molar-refractivity contribution is 0.0988. The number of ether oxygens (including phenoxy) is 4. The summed E-state index contributed by atoms with van der Waals surface area (Å²) in [4.78, 5) is 38.9. The summed E-state index contributed by atoms with van der Waals surface area (Å²) in [5.74, 6) is 0.688. The van der Waals surface area contributed by atoms with Gasteiger partial charge in [0.2, 0.25) is 5.12 Å². The molecule has 35 heavy (non-hydrogen) atoms. The second-order valence-electron chi connectivity index (χ2n) is 8.39. The number of hydrogen-bond donors (Lipinski definition) is 0. The third-order valence-corrected chi connectivity index (χ3v) is 7.45. The zero-order valence-corrected chi connectivity index (χ0v) is 21.4. The van der Waals surface area contributed by atoms with Crippen LogP contribution in [0.15, 0.2) is 49.1 Å². The van der Waals surface area contributed by atoms with Gasteiger partial charge in [0.05, 0.1) is 39.6 Å². The van der Waals surface area contributed by atoms with Crippen LogP contribution in [-0.4, -0.2) is 45.1 Å². The van der Waals surface area contributed by atoms with E-state index in [2.05, 4.69) is 6.58 Å². The fourth-order valence-electron chi connectivity index (χ4n) is 3.89. The Labute approximate surface area is 209 Å². The second kappa shape index (κ2) is 10.4. The summed E-state index contributed by atoms with van der Waals surface area (Å²) in [5.41, 5.74) is 0.602. The molecule has 1 unspecified atom stereocenters. The number of ketones is 2. The molecule has 0 saturated heterocycles. The highest BCUT2D eigenvalue weighted by molar-refractivity contribution is 8.14. The van der Waals surface area contributed by atoms with Crippen molar-refractivity contribution in [2.45, 2.75) is 19.1 Å². The number of hydrogen-bond acceptors (Lipinski definition) is 8. The van der Waals surface area contributed by atoms with E-state index in [1.165, 1.54) is 40.6 Å². The van der Waals surface area contributed by atoms with Crippen LogP contribution in [0.4, 0.5) is 0 Å². The Hall–Kier alpha value is -3.52. The van der Waals surface area contributed by atoms with Gasteiger partial charge in [0.1, 0.15) is 11.5 Å². The van der Waals surface area contributed by atoms with Crippen LogP contribution in [0.3, 0.4) is 0 Å². The van der Waals surface area contributed by atoms with Crippen molar-refractivity contribution in [1.82, 2.24) is 0 Å². The number of thioether (sulfide) groups is 1. The van der Waals surface area contributed by atoms with Crippen molar-refractivity contribution in [3.8, 4) is 23.0 Å². The van der Waals surface area contributed by atoms with E-state index in [1.54, 1.807) is 30.3 Å². The van der Waals surface area contributed by atoms with E-state index in [0.29, 0.717) is 22.6 Å². The van der Waals surface area contributed by atoms with Crippen molar-refractivity contribution in [1.29, 1.82) is 0 Å². The van der Waals surface area contributed by atoms with Gasteiger partial charge in [-0.25, -0.2) is 0 Å². The van der Waals surface area contributed by atoms with Crippen molar-refractivity contribution >= 4 is 28.4 Å². The molecule has 8 heteroatoms. The number of rotatable bonds is 9. The van der Waals surface area contributed by atoms with Crippen LogP contribution in [0.1, 0.15) is 55.7 Å². The normalized spacial score (nSPS) is 13.7. The van der Waals surface area contributed by atoms with Gasteiger partial charge in [-0.05, 0) is 41.8 Å². The molecule has 0 amide bonds. The third-order valence-electron chi connectivity index (χ3n) is 5.90. The number of carbonyl (C=O) groups is 3. The molecule has 0 aliphatic heterocycles. The molecular weight excluding hydrogens is 468 g/mol. The van der Waals surface area contributed by atoms with Gasteiger partial charge in [-0.2, -0.15) is 0 Å². The van der Waals surface area contributed by atoms with Crippen LogP contribution >= 0.6 is 11.8 Å². The van der Waals surface area contributed by atoms with Crippen LogP contribution in [0.25, 0.3) is 0 Å². The Morgan fingerprint density at radius 1 is 0.886 bits per heavy atom. The largest absolute Gasteiger partial charge is 0.496 e. The van der Waals surface area contributed by atoms with Crippen molar-refractivity contribution < 1.29 is 33.3 Å². The van der Waals surface area contributed by atoms with Crippen molar-refractivity contribution in [2.24, 2.45) is 5.41 Å². The highest BCUT2D eigenvalue weighted by Crippen LogP contribution is 2.52. The van der Waals surface area contributed by atoms with Crippen molar-refractivity contribution in [2.75, 3.05) is 28.4 Å². The first-order chi connectivity index (χ1) is 16.6. The molecule has 0 heterocycles. The molecule has 1 atom stereocenters. The van der Waals surface area contributed by atoms with Crippen LogP contribution in [0.2, 0.25) is 0 Å². The fourth-order valence-corrected chi connectivity index (χ4v) is 5.07. The Morgan fingerprint density at radius 3 is 2.03 bits per heavy atom. The van der Waals surface area contributed by atoms with Gasteiger partial charge in [0.15, 0.2) is 23.1 Å². The average molecular weight is 497 g/mol. The van der Waals surface area contributed by atoms with Crippen molar-refractivity contribution in [3.63, 3.8) is 0 Å². The van der Waals surface area contributed by atoms with E-state index in [4.69, 9.17) is 18.9 Å². The lowest BCUT2D eigenvalue weighted by Gasteiger charge is -2.33. The minimum atomic E-state index is -0.624. The SMILES string of the molecule is C=CC(C)(C)C(SC(=O)c1ccc(OC)c(OC)c1)c1cc(OC)c2c(c1OC)C(=O)C=CC2=O. The van der Waals surface area contributed by atoms with E-state index in [1.807, 2.05) is 13.8 Å². The quantitative estimate of drug-likeness (QED) is 0.422. The molecule has 184 valence electrons. The van der Waals surface area contributed by atoms with Gasteiger partial charge in [-0.1, -0.05) is 31.7 Å². The van der Waals surface area contributed by atoms with Gasteiger partial charge in [-0.3, -0.25) is 14.4 Å². The summed E-state index contributed by atoms with van der Waals surface area (Å²) >= 11 is 1.06. The molecule has 1 aliphatic carbocycles. The molecule has 1 aliphatic rings. The zero-order valence-electron chi connectivity index (χ0n) is 20.6. The van der Waals surface area contributed by atoms with Crippen LogP contribution in [0, 0.1) is 5.41 Å². The second-order valence-corrected chi connectivity index (χ2v) is 9.47. The first-order valence-electron chi connectivity index (χ1n) is 10.8. The van der Waals surface area contributed by atoms with E-state index >= 15 is 0 Å². The minimum Gasteiger partial charge on any atom is -0.496 e. The number of allylic oxidation sites excluding steroid dienone is 3. The summed E-state index contributed by atoms with van der Waals surface area (Å²) in [6.45, 7) is 7.81. The highest BCUT2D eigenvalue weighted by Gasteiger charge is 2.38. The van der Waals surface area contributed by atoms with Crippen molar-refractivity contribution in [3.05, 3.63) is 71.3 Å². The molecule has 0 aromatic heterocycles. The molecule has 0 bridgehead atoms. The number of carbonyl (C=O) groups excluding carboxylic acids is 3. The summed E-state index contributed by atoms with van der Waals surface area (Å²) in [7, 11) is 5.88. The predicted molar refractivity (Wildman–Crippen MR) is 136 cm³/mol. The van der Waals surface area contributed by atoms with E-state index in [9.17, 15) is 14.4 Å². The molecule has 7 nitrogen and oxygen atoms in total. The van der Waals surface area contributed by atoms with E-state index in [-0.39, 0.29) is 39.3 Å². The maximum absolute atomic E-state index is 13.4. The summed E-state index contributed by atoms with van der Waals surface area (Å²) in [6, 6.07) is 6.60. The lowest BCUT2D eigenvalue weighted by atomic mass is 9.82. The average Bonchev–Trinajstić information content (AvgIpc) is 2.87. The van der Waals surface area contributed by atoms with Gasteiger partial charge < -0.3 is 18.9 Å². The minimum absolute atomic E-state index is 0.123. The standard InChI is InChI=1S/C27H28O7S/c1-8-27(2,3)25(35-26(30)15-9-12-19(31-4)20(13-15)32-5)16-14-21(33-6)22-17(28)10-11-18(29)23(22)24(16)34-7/h8-14,25H,1H2,2-7H3. The fraction of sp³-hybridized carbons (Fsp3) is 0.296. The molecule has 0 fully saturated rings. The Kier molecular flexibility index (Phi) is 7.75. The van der Waals surface area contributed by atoms with Gasteiger partial charge >= 0.3 is 0 Å². The maximum Gasteiger partial charge on any atom is 0.220 e. The molecule has 0 radical (unpaired) electrons. The first kappa shape index (κ1) is 26.1. The first-order valence-corrected chi connectivity index (χ1v) is 11.6. The lowest BCUT2D eigenvalue weighted by Crippen LogP contribution is -2.22. The Bertz CT molecular complexity index is 1230. The molecule has 2 aromatic carbocycles. The maximum atomic E-state index is 13.4. The number of fused-ring (bicyclic) bond motifs is 1. The number of benzene rings is 2. The molecule has 0 N–H and O–H groups in total. The van der Waals surface area contributed by atoms with E-state index in [0.717, 1.165) is 11.8 Å². The monoisotopic (exact) mass is 496 g/mol. The highest BCUT2D eigenvalue weighted by atomic mass is 32.2.